The molecule has 2 aromatic heterocycles. The van der Waals surface area contributed by atoms with E-state index in [1.807, 2.05) is 33.4 Å². The van der Waals surface area contributed by atoms with Gasteiger partial charge in [0.15, 0.2) is 5.13 Å². The van der Waals surface area contributed by atoms with Crippen molar-refractivity contribution < 1.29 is 4.79 Å². The Labute approximate surface area is 146 Å². The zero-order valence-electron chi connectivity index (χ0n) is 14.6. The fraction of sp³-hybridized carbons (Fsp3) is 0.588. The van der Waals surface area contributed by atoms with E-state index in [4.69, 9.17) is 0 Å². The van der Waals surface area contributed by atoms with Crippen LogP contribution in [0.25, 0.3) is 0 Å². The molecular formula is C17H25N5OS. The highest BCUT2D eigenvalue weighted by Crippen LogP contribution is 2.28. The van der Waals surface area contributed by atoms with Crippen LogP contribution in [0, 0.1) is 6.92 Å². The second kappa shape index (κ2) is 7.34. The van der Waals surface area contributed by atoms with Crippen LogP contribution in [0.4, 0.5) is 5.13 Å². The standard InChI is InChI=1S/C17H25N5OS/c1-12-15(24-17(18-2)20-12)16(23)22-10-5-4-6-13(22)7-8-14-19-9-11-21(14)3/h9,11,13H,4-8,10H2,1-3H3,(H,18,20)/t13-/m1/s1. The van der Waals surface area contributed by atoms with Gasteiger partial charge in [-0.1, -0.05) is 11.3 Å². The van der Waals surface area contributed by atoms with E-state index in [1.165, 1.54) is 17.8 Å². The normalized spacial score (nSPS) is 18.0. The van der Waals surface area contributed by atoms with Gasteiger partial charge in [-0.15, -0.1) is 0 Å². The Bertz CT molecular complexity index is 708. The summed E-state index contributed by atoms with van der Waals surface area (Å²) in [6.45, 7) is 2.76. The van der Waals surface area contributed by atoms with Gasteiger partial charge in [-0.25, -0.2) is 9.97 Å². The molecule has 1 saturated heterocycles. The maximum absolute atomic E-state index is 13.0. The fourth-order valence-corrected chi connectivity index (χ4v) is 4.21. The van der Waals surface area contributed by atoms with E-state index in [2.05, 4.69) is 24.8 Å². The average Bonchev–Trinajstić information content (AvgIpc) is 3.18. The highest BCUT2D eigenvalue weighted by Gasteiger charge is 2.29. The Balaban J connectivity index is 1.72. The molecule has 1 atom stereocenters. The first-order valence-corrected chi connectivity index (χ1v) is 9.34. The third-order valence-electron chi connectivity index (χ3n) is 4.71. The molecule has 0 aliphatic carbocycles. The van der Waals surface area contributed by atoms with Gasteiger partial charge in [-0.3, -0.25) is 4.79 Å². The number of hydrogen-bond donors (Lipinski definition) is 1. The number of nitrogens with zero attached hydrogens (tertiary/aromatic N) is 4. The molecule has 2 aromatic rings. The maximum atomic E-state index is 13.0. The fourth-order valence-electron chi connectivity index (χ4n) is 3.33. The SMILES string of the molecule is CNc1nc(C)c(C(=O)N2CCCC[C@@H]2CCc2nccn2C)s1. The number of imidazole rings is 1. The zero-order valence-corrected chi connectivity index (χ0v) is 15.4. The van der Waals surface area contributed by atoms with Crippen LogP contribution in [0.2, 0.25) is 0 Å². The van der Waals surface area contributed by atoms with E-state index < -0.39 is 0 Å². The number of amides is 1. The zero-order chi connectivity index (χ0) is 17.1. The van der Waals surface area contributed by atoms with Gasteiger partial charge in [0.2, 0.25) is 0 Å². The first kappa shape index (κ1) is 17.0. The largest absolute Gasteiger partial charge is 0.365 e. The molecule has 0 saturated carbocycles. The Kier molecular flexibility index (Phi) is 5.18. The predicted molar refractivity (Wildman–Crippen MR) is 96.6 cm³/mol. The van der Waals surface area contributed by atoms with Crippen molar-refractivity contribution in [1.82, 2.24) is 19.4 Å². The summed E-state index contributed by atoms with van der Waals surface area (Å²) in [4.78, 5) is 24.7. The summed E-state index contributed by atoms with van der Waals surface area (Å²) >= 11 is 1.45. The number of likely N-dealkylation sites (tertiary alicyclic amines) is 1. The molecule has 1 aliphatic heterocycles. The first-order chi connectivity index (χ1) is 11.6. The molecule has 1 fully saturated rings. The van der Waals surface area contributed by atoms with Gasteiger partial charge in [0.05, 0.1) is 5.69 Å². The summed E-state index contributed by atoms with van der Waals surface area (Å²) in [6, 6.07) is 0.294. The lowest BCUT2D eigenvalue weighted by molar-refractivity contribution is 0.0605. The Morgan fingerprint density at radius 1 is 1.46 bits per heavy atom. The van der Waals surface area contributed by atoms with Gasteiger partial charge in [-0.2, -0.15) is 0 Å². The van der Waals surface area contributed by atoms with E-state index >= 15 is 0 Å². The Hall–Kier alpha value is -1.89. The molecule has 0 aromatic carbocycles. The van der Waals surface area contributed by atoms with Crippen LogP contribution in [0.3, 0.4) is 0 Å². The quantitative estimate of drug-likeness (QED) is 0.903. The van der Waals surface area contributed by atoms with Crippen molar-refractivity contribution in [2.45, 2.75) is 45.1 Å². The topological polar surface area (TPSA) is 63.1 Å². The van der Waals surface area contributed by atoms with E-state index in [0.717, 1.165) is 53.8 Å². The lowest BCUT2D eigenvalue weighted by atomic mass is 9.97. The molecule has 1 aliphatic rings. The second-order valence-electron chi connectivity index (χ2n) is 6.32. The van der Waals surface area contributed by atoms with Gasteiger partial charge in [-0.05, 0) is 32.6 Å². The molecular weight excluding hydrogens is 322 g/mol. The van der Waals surface area contributed by atoms with Crippen LogP contribution >= 0.6 is 11.3 Å². The first-order valence-electron chi connectivity index (χ1n) is 8.52. The number of thiazole rings is 1. The summed E-state index contributed by atoms with van der Waals surface area (Å²) < 4.78 is 2.06. The van der Waals surface area contributed by atoms with Gasteiger partial charge in [0.25, 0.3) is 5.91 Å². The van der Waals surface area contributed by atoms with Gasteiger partial charge >= 0.3 is 0 Å². The van der Waals surface area contributed by atoms with Crippen molar-refractivity contribution in [1.29, 1.82) is 0 Å². The molecule has 1 amide bonds. The predicted octanol–water partition coefficient (Wildman–Crippen LogP) is 2.85. The van der Waals surface area contributed by atoms with Crippen molar-refractivity contribution in [3.8, 4) is 0 Å². The highest BCUT2D eigenvalue weighted by atomic mass is 32.1. The molecule has 24 heavy (non-hydrogen) atoms. The van der Waals surface area contributed by atoms with Gasteiger partial charge in [0.1, 0.15) is 10.7 Å². The van der Waals surface area contributed by atoms with Crippen molar-refractivity contribution >= 4 is 22.4 Å². The highest BCUT2D eigenvalue weighted by molar-refractivity contribution is 7.17. The van der Waals surface area contributed by atoms with Gasteiger partial charge < -0.3 is 14.8 Å². The number of nitrogens with one attached hydrogen (secondary N) is 1. The van der Waals surface area contributed by atoms with E-state index in [9.17, 15) is 4.79 Å². The van der Waals surface area contributed by atoms with Crippen LogP contribution in [0.5, 0.6) is 0 Å². The number of hydrogen-bond acceptors (Lipinski definition) is 5. The Morgan fingerprint density at radius 3 is 2.96 bits per heavy atom. The van der Waals surface area contributed by atoms with Crippen LogP contribution < -0.4 is 5.32 Å². The van der Waals surface area contributed by atoms with E-state index in [1.54, 1.807) is 0 Å². The second-order valence-corrected chi connectivity index (χ2v) is 7.32. The van der Waals surface area contributed by atoms with Crippen molar-refractivity contribution in [3.05, 3.63) is 28.8 Å². The molecule has 3 rings (SSSR count). The molecule has 0 bridgehead atoms. The minimum absolute atomic E-state index is 0.135. The van der Waals surface area contributed by atoms with Crippen LogP contribution in [0.15, 0.2) is 12.4 Å². The molecule has 0 radical (unpaired) electrons. The van der Waals surface area contributed by atoms with Crippen LogP contribution in [0.1, 0.15) is 46.9 Å². The lowest BCUT2D eigenvalue weighted by Crippen LogP contribution is -2.44. The summed E-state index contributed by atoms with van der Waals surface area (Å²) in [5.74, 6) is 1.22. The molecule has 1 N–H and O–H groups in total. The molecule has 0 spiro atoms. The van der Waals surface area contributed by atoms with Crippen molar-refractivity contribution in [2.24, 2.45) is 7.05 Å². The van der Waals surface area contributed by atoms with Crippen LogP contribution in [-0.4, -0.2) is 45.0 Å². The summed E-state index contributed by atoms with van der Waals surface area (Å²) in [5.41, 5.74) is 0.822. The number of anilines is 1. The van der Waals surface area contributed by atoms with Crippen molar-refractivity contribution in [2.75, 3.05) is 18.9 Å². The Morgan fingerprint density at radius 2 is 2.29 bits per heavy atom. The third-order valence-corrected chi connectivity index (χ3v) is 5.88. The summed E-state index contributed by atoms with van der Waals surface area (Å²) in [7, 11) is 3.86. The maximum Gasteiger partial charge on any atom is 0.266 e. The number of carbonyl (C=O) groups is 1. The number of rotatable bonds is 5. The van der Waals surface area contributed by atoms with Crippen molar-refractivity contribution in [3.63, 3.8) is 0 Å². The summed E-state index contributed by atoms with van der Waals surface area (Å²) in [6.07, 6.45) is 9.03. The molecule has 6 nitrogen and oxygen atoms in total. The number of piperidine rings is 1. The third kappa shape index (κ3) is 3.45. The minimum Gasteiger partial charge on any atom is -0.365 e. The van der Waals surface area contributed by atoms with E-state index in [-0.39, 0.29) is 5.91 Å². The summed E-state index contributed by atoms with van der Waals surface area (Å²) in [5, 5.41) is 3.84. The average molecular weight is 347 g/mol. The number of aryl methyl sites for hydroxylation is 3. The monoisotopic (exact) mass is 347 g/mol. The lowest BCUT2D eigenvalue weighted by Gasteiger charge is -2.35. The molecule has 0 unspecified atom stereocenters. The van der Waals surface area contributed by atoms with Crippen LogP contribution in [-0.2, 0) is 13.5 Å². The minimum atomic E-state index is 0.135. The molecule has 7 heteroatoms. The molecule has 3 heterocycles. The number of carbonyl (C=O) groups excluding carboxylic acids is 1. The van der Waals surface area contributed by atoms with Gasteiger partial charge in [0, 0.05) is 45.5 Å². The number of aromatic nitrogens is 3. The van der Waals surface area contributed by atoms with E-state index in [0.29, 0.717) is 6.04 Å². The molecule has 130 valence electrons. The smallest absolute Gasteiger partial charge is 0.266 e.